The number of benzene rings is 1. The van der Waals surface area contributed by atoms with Gasteiger partial charge in [0.15, 0.2) is 0 Å². The van der Waals surface area contributed by atoms with Crippen molar-refractivity contribution in [3.8, 4) is 28.6 Å². The second-order valence-electron chi connectivity index (χ2n) is 8.64. The molecule has 2 aromatic heterocycles. The predicted octanol–water partition coefficient (Wildman–Crippen LogP) is 5.38. The first-order valence-corrected chi connectivity index (χ1v) is 11.3. The topological polar surface area (TPSA) is 109 Å². The van der Waals surface area contributed by atoms with Crippen LogP contribution in [0.3, 0.4) is 0 Å². The van der Waals surface area contributed by atoms with Crippen LogP contribution in [-0.2, 0) is 11.2 Å². The van der Waals surface area contributed by atoms with Crippen LogP contribution in [0.15, 0.2) is 53.2 Å². The Morgan fingerprint density at radius 1 is 1.24 bits per heavy atom. The van der Waals surface area contributed by atoms with Gasteiger partial charge in [-0.2, -0.15) is 4.98 Å². The predicted molar refractivity (Wildman–Crippen MR) is 123 cm³/mol. The summed E-state index contributed by atoms with van der Waals surface area (Å²) in [5.41, 5.74) is 4.29. The summed E-state index contributed by atoms with van der Waals surface area (Å²) in [6.45, 7) is 0. The molecule has 1 aromatic carbocycles. The Labute approximate surface area is 191 Å². The lowest BCUT2D eigenvalue weighted by Crippen LogP contribution is -2.00. The normalized spacial score (nSPS) is 18.7. The fourth-order valence-corrected chi connectivity index (χ4v) is 4.65. The fraction of sp³-hybridized carbons (Fsp3) is 0.308. The van der Waals surface area contributed by atoms with E-state index in [1.54, 1.807) is 12.3 Å². The van der Waals surface area contributed by atoms with Gasteiger partial charge in [-0.3, -0.25) is 9.78 Å². The maximum atomic E-state index is 10.8. The maximum Gasteiger partial charge on any atom is 0.303 e. The summed E-state index contributed by atoms with van der Waals surface area (Å²) in [7, 11) is 0. The molecule has 2 heterocycles. The van der Waals surface area contributed by atoms with Gasteiger partial charge in [0.1, 0.15) is 5.75 Å². The Morgan fingerprint density at radius 3 is 2.94 bits per heavy atom. The third-order valence-electron chi connectivity index (χ3n) is 6.37. The van der Waals surface area contributed by atoms with Crippen LogP contribution in [0.4, 0.5) is 0 Å². The van der Waals surface area contributed by atoms with Crippen LogP contribution in [0.1, 0.15) is 54.8 Å². The number of nitrogens with zero attached hydrogens (tertiary/aromatic N) is 3. The lowest BCUT2D eigenvalue weighted by atomic mass is 9.93. The van der Waals surface area contributed by atoms with Crippen LogP contribution in [0.2, 0.25) is 0 Å². The number of hydrogen-bond acceptors (Lipinski definition) is 6. The molecule has 7 nitrogen and oxygen atoms in total. The van der Waals surface area contributed by atoms with Gasteiger partial charge in [-0.1, -0.05) is 47.7 Å². The van der Waals surface area contributed by atoms with E-state index in [4.69, 9.17) is 9.63 Å². The number of rotatable bonds is 8. The number of aliphatic carboxylic acids is 1. The number of allylic oxidation sites excluding steroid dienone is 3. The van der Waals surface area contributed by atoms with Crippen molar-refractivity contribution in [2.75, 3.05) is 0 Å². The minimum Gasteiger partial charge on any atom is -0.506 e. The maximum absolute atomic E-state index is 10.8. The summed E-state index contributed by atoms with van der Waals surface area (Å²) < 4.78 is 5.50. The first kappa shape index (κ1) is 21.1. The van der Waals surface area contributed by atoms with Crippen molar-refractivity contribution in [1.82, 2.24) is 15.1 Å². The molecule has 2 atom stereocenters. The number of aromatic hydroxyl groups is 1. The molecule has 168 valence electrons. The second kappa shape index (κ2) is 9.02. The highest BCUT2D eigenvalue weighted by molar-refractivity contribution is 5.78. The van der Waals surface area contributed by atoms with E-state index >= 15 is 0 Å². The third-order valence-corrected chi connectivity index (χ3v) is 6.37. The van der Waals surface area contributed by atoms with Gasteiger partial charge in [0.25, 0.3) is 5.89 Å². The highest BCUT2D eigenvalue weighted by atomic mass is 16.5. The van der Waals surface area contributed by atoms with Gasteiger partial charge >= 0.3 is 5.97 Å². The molecule has 0 bridgehead atoms. The molecule has 33 heavy (non-hydrogen) atoms. The van der Waals surface area contributed by atoms with E-state index in [9.17, 15) is 9.90 Å². The van der Waals surface area contributed by atoms with E-state index in [1.807, 2.05) is 18.2 Å². The molecule has 0 fully saturated rings. The van der Waals surface area contributed by atoms with Crippen molar-refractivity contribution in [3.63, 3.8) is 0 Å². The van der Waals surface area contributed by atoms with Crippen molar-refractivity contribution >= 4 is 12.0 Å². The molecule has 0 saturated carbocycles. The van der Waals surface area contributed by atoms with Crippen molar-refractivity contribution < 1.29 is 19.5 Å². The zero-order valence-corrected chi connectivity index (χ0v) is 18.1. The minimum atomic E-state index is -0.769. The monoisotopic (exact) mass is 443 g/mol. The van der Waals surface area contributed by atoms with E-state index in [1.165, 1.54) is 0 Å². The Bertz CT molecular complexity index is 1240. The molecule has 3 aromatic rings. The van der Waals surface area contributed by atoms with Crippen LogP contribution in [0, 0.1) is 5.92 Å². The van der Waals surface area contributed by atoms with Crippen molar-refractivity contribution in [2.45, 2.75) is 44.4 Å². The molecule has 2 aliphatic carbocycles. The molecule has 0 saturated heterocycles. The van der Waals surface area contributed by atoms with Gasteiger partial charge in [-0.15, -0.1) is 0 Å². The van der Waals surface area contributed by atoms with Gasteiger partial charge < -0.3 is 14.7 Å². The molecule has 2 aliphatic rings. The van der Waals surface area contributed by atoms with Crippen molar-refractivity contribution in [1.29, 1.82) is 0 Å². The SMILES string of the molecule is O=C(O)CCCC1C=Cc2c(-c3noc(-c4cnc(CC5C=CCC5)c(O)c4)n3)cccc21. The number of pyridine rings is 1. The van der Waals surface area contributed by atoms with Crippen LogP contribution in [0.25, 0.3) is 28.9 Å². The fourth-order valence-electron chi connectivity index (χ4n) is 4.65. The van der Waals surface area contributed by atoms with Gasteiger partial charge in [-0.25, -0.2) is 0 Å². The zero-order chi connectivity index (χ0) is 22.8. The van der Waals surface area contributed by atoms with E-state index in [0.717, 1.165) is 36.0 Å². The Kier molecular flexibility index (Phi) is 5.77. The Morgan fingerprint density at radius 2 is 2.15 bits per heavy atom. The van der Waals surface area contributed by atoms with Gasteiger partial charge in [0.05, 0.1) is 11.3 Å². The lowest BCUT2D eigenvalue weighted by Gasteiger charge is -2.11. The molecule has 5 rings (SSSR count). The highest BCUT2D eigenvalue weighted by Crippen LogP contribution is 2.39. The first-order valence-electron chi connectivity index (χ1n) is 11.3. The number of carboxylic acids is 1. The van der Waals surface area contributed by atoms with Gasteiger partial charge in [0.2, 0.25) is 5.82 Å². The Balaban J connectivity index is 1.35. The van der Waals surface area contributed by atoms with Crippen LogP contribution < -0.4 is 0 Å². The molecule has 2 N–H and O–H groups in total. The van der Waals surface area contributed by atoms with E-state index < -0.39 is 5.97 Å². The third kappa shape index (κ3) is 4.44. The molecule has 0 amide bonds. The number of carboxylic acid groups (broad SMARTS) is 1. The molecule has 0 radical (unpaired) electrons. The molecule has 2 unspecified atom stereocenters. The summed E-state index contributed by atoms with van der Waals surface area (Å²) in [5.74, 6) is 0.754. The number of carbonyl (C=O) groups is 1. The van der Waals surface area contributed by atoms with E-state index in [-0.39, 0.29) is 18.1 Å². The Hall–Kier alpha value is -3.74. The van der Waals surface area contributed by atoms with Crippen molar-refractivity contribution in [3.05, 3.63) is 65.5 Å². The quantitative estimate of drug-likeness (QED) is 0.450. The summed E-state index contributed by atoms with van der Waals surface area (Å²) in [5, 5.41) is 23.5. The lowest BCUT2D eigenvalue weighted by molar-refractivity contribution is -0.137. The minimum absolute atomic E-state index is 0.139. The summed E-state index contributed by atoms with van der Waals surface area (Å²) in [4.78, 5) is 19.8. The average Bonchev–Trinajstić information content (AvgIpc) is 3.56. The highest BCUT2D eigenvalue weighted by Gasteiger charge is 2.23. The van der Waals surface area contributed by atoms with E-state index in [0.29, 0.717) is 41.7 Å². The zero-order valence-electron chi connectivity index (χ0n) is 18.1. The van der Waals surface area contributed by atoms with Crippen LogP contribution >= 0.6 is 0 Å². The number of hydrogen-bond donors (Lipinski definition) is 2. The molecule has 7 heteroatoms. The summed E-state index contributed by atoms with van der Waals surface area (Å²) in [6, 6.07) is 7.60. The van der Waals surface area contributed by atoms with E-state index in [2.05, 4.69) is 39.4 Å². The van der Waals surface area contributed by atoms with Gasteiger partial charge in [-0.05, 0) is 55.2 Å². The van der Waals surface area contributed by atoms with Crippen molar-refractivity contribution in [2.24, 2.45) is 5.92 Å². The van der Waals surface area contributed by atoms with Gasteiger partial charge in [0, 0.05) is 24.1 Å². The summed E-state index contributed by atoms with van der Waals surface area (Å²) in [6.07, 6.45) is 14.6. The molecule has 0 spiro atoms. The average molecular weight is 444 g/mol. The summed E-state index contributed by atoms with van der Waals surface area (Å²) >= 11 is 0. The molecular formula is C26H25N3O4. The van der Waals surface area contributed by atoms with Crippen LogP contribution in [-0.4, -0.2) is 31.3 Å². The molecule has 0 aliphatic heterocycles. The standard InChI is InChI=1S/C26H25N3O4/c30-23-14-18(15-27-22(23)13-16-5-1-2-6-16)26-28-25(29-33-26)21-9-4-8-19-17(11-12-20(19)21)7-3-10-24(31)32/h1,4-5,8-9,11-12,14-17,30H,2-3,6-7,10,13H2,(H,31,32). The number of aromatic nitrogens is 3. The first-order chi connectivity index (χ1) is 16.1. The number of fused-ring (bicyclic) bond motifs is 1. The molecular weight excluding hydrogens is 418 g/mol. The smallest absolute Gasteiger partial charge is 0.303 e. The second-order valence-corrected chi connectivity index (χ2v) is 8.64. The van der Waals surface area contributed by atoms with Crippen LogP contribution in [0.5, 0.6) is 5.75 Å². The largest absolute Gasteiger partial charge is 0.506 e.